The fourth-order valence-corrected chi connectivity index (χ4v) is 2.57. The Morgan fingerprint density at radius 3 is 2.57 bits per heavy atom. The molecule has 0 amide bonds. The van der Waals surface area contributed by atoms with Crippen LogP contribution in [0.3, 0.4) is 0 Å². The van der Waals surface area contributed by atoms with Crippen LogP contribution in [0.5, 0.6) is 0 Å². The van der Waals surface area contributed by atoms with Gasteiger partial charge in [-0.3, -0.25) is 4.57 Å². The molecule has 108 valence electrons. The maximum Gasteiger partial charge on any atom is 0.123 e. The maximum atomic E-state index is 13.5. The third-order valence-corrected chi connectivity index (χ3v) is 3.90. The van der Waals surface area contributed by atoms with Crippen LogP contribution in [0.1, 0.15) is 29.7 Å². The Bertz CT molecular complexity index is 818. The van der Waals surface area contributed by atoms with E-state index < -0.39 is 0 Å². The van der Waals surface area contributed by atoms with Crippen LogP contribution in [0, 0.1) is 19.7 Å². The lowest BCUT2D eigenvalue weighted by Gasteiger charge is -2.14. The molecule has 0 aliphatic rings. The second-order valence-corrected chi connectivity index (χ2v) is 5.53. The molecule has 2 aromatic carbocycles. The van der Waals surface area contributed by atoms with Gasteiger partial charge in [-0.2, -0.15) is 0 Å². The largest absolute Gasteiger partial charge is 0.324 e. The van der Waals surface area contributed by atoms with Gasteiger partial charge in [-0.25, -0.2) is 9.37 Å². The summed E-state index contributed by atoms with van der Waals surface area (Å²) in [5, 5.41) is 0. The van der Waals surface area contributed by atoms with Crippen LogP contribution in [0.2, 0.25) is 0 Å². The minimum absolute atomic E-state index is 0.250. The molecule has 0 spiro atoms. The molecule has 1 aromatic heterocycles. The van der Waals surface area contributed by atoms with Crippen LogP contribution in [-0.4, -0.2) is 9.55 Å². The van der Waals surface area contributed by atoms with Gasteiger partial charge in [0.25, 0.3) is 0 Å². The van der Waals surface area contributed by atoms with E-state index in [1.54, 1.807) is 12.4 Å². The molecule has 0 bridgehead atoms. The molecule has 3 aromatic rings. The van der Waals surface area contributed by atoms with Gasteiger partial charge in [0, 0.05) is 6.04 Å². The van der Waals surface area contributed by atoms with Crippen molar-refractivity contribution in [2.24, 2.45) is 5.73 Å². The number of nitrogens with two attached hydrogens (primary N) is 1. The summed E-state index contributed by atoms with van der Waals surface area (Å²) < 4.78 is 15.5. The number of halogens is 1. The van der Waals surface area contributed by atoms with Crippen molar-refractivity contribution in [2.75, 3.05) is 0 Å². The summed E-state index contributed by atoms with van der Waals surface area (Å²) in [6.45, 7) is 6.00. The number of benzene rings is 2. The summed E-state index contributed by atoms with van der Waals surface area (Å²) >= 11 is 0. The Labute approximate surface area is 123 Å². The summed E-state index contributed by atoms with van der Waals surface area (Å²) in [4.78, 5) is 4.45. The quantitative estimate of drug-likeness (QED) is 0.777. The van der Waals surface area contributed by atoms with E-state index in [4.69, 9.17) is 5.73 Å². The van der Waals surface area contributed by atoms with Gasteiger partial charge < -0.3 is 5.73 Å². The van der Waals surface area contributed by atoms with Gasteiger partial charge in [0.05, 0.1) is 16.7 Å². The lowest BCUT2D eigenvalue weighted by atomic mass is 10.1. The second-order valence-electron chi connectivity index (χ2n) is 5.53. The lowest BCUT2D eigenvalue weighted by molar-refractivity contribution is 0.621. The first-order chi connectivity index (χ1) is 9.97. The maximum absolute atomic E-state index is 13.5. The first-order valence-electron chi connectivity index (χ1n) is 6.97. The van der Waals surface area contributed by atoms with Gasteiger partial charge in [0.2, 0.25) is 0 Å². The van der Waals surface area contributed by atoms with Gasteiger partial charge in [0.1, 0.15) is 12.1 Å². The first-order valence-corrected chi connectivity index (χ1v) is 6.97. The van der Waals surface area contributed by atoms with Crippen LogP contribution < -0.4 is 5.73 Å². The SMILES string of the molecule is Cc1cc2ncn(-c3ccc(F)cc3[C@H](C)N)c2cc1C. The highest BCUT2D eigenvalue weighted by Crippen LogP contribution is 2.26. The monoisotopic (exact) mass is 283 g/mol. The van der Waals surface area contributed by atoms with E-state index in [9.17, 15) is 4.39 Å². The summed E-state index contributed by atoms with van der Waals surface area (Å²) in [6.07, 6.45) is 1.77. The fourth-order valence-electron chi connectivity index (χ4n) is 2.57. The summed E-state index contributed by atoms with van der Waals surface area (Å²) in [5.74, 6) is -0.275. The zero-order chi connectivity index (χ0) is 15.1. The summed E-state index contributed by atoms with van der Waals surface area (Å²) in [6, 6.07) is 8.62. The molecule has 0 radical (unpaired) electrons. The molecule has 0 fully saturated rings. The number of hydrogen-bond donors (Lipinski definition) is 1. The highest BCUT2D eigenvalue weighted by Gasteiger charge is 2.13. The van der Waals surface area contributed by atoms with Crippen molar-refractivity contribution in [3.63, 3.8) is 0 Å². The molecular formula is C17H18FN3. The zero-order valence-corrected chi connectivity index (χ0v) is 12.4. The van der Waals surface area contributed by atoms with Crippen molar-refractivity contribution < 1.29 is 4.39 Å². The lowest BCUT2D eigenvalue weighted by Crippen LogP contribution is -2.10. The number of aromatic nitrogens is 2. The number of rotatable bonds is 2. The Hall–Kier alpha value is -2.20. The summed E-state index contributed by atoms with van der Waals surface area (Å²) in [7, 11) is 0. The van der Waals surface area contributed by atoms with Crippen LogP contribution in [0.15, 0.2) is 36.7 Å². The average molecular weight is 283 g/mol. The third-order valence-electron chi connectivity index (χ3n) is 3.90. The highest BCUT2D eigenvalue weighted by atomic mass is 19.1. The van der Waals surface area contributed by atoms with E-state index in [-0.39, 0.29) is 11.9 Å². The first kappa shape index (κ1) is 13.8. The normalized spacial score (nSPS) is 12.8. The Morgan fingerprint density at radius 1 is 1.14 bits per heavy atom. The van der Waals surface area contributed by atoms with Gasteiger partial charge in [0.15, 0.2) is 0 Å². The van der Waals surface area contributed by atoms with Crippen molar-refractivity contribution in [1.29, 1.82) is 0 Å². The molecule has 0 aliphatic heterocycles. The van der Waals surface area contributed by atoms with Crippen molar-refractivity contribution in [2.45, 2.75) is 26.8 Å². The Morgan fingerprint density at radius 2 is 1.86 bits per heavy atom. The summed E-state index contributed by atoms with van der Waals surface area (Å²) in [5.41, 5.74) is 12.0. The third kappa shape index (κ3) is 2.32. The molecule has 1 heterocycles. The molecule has 2 N–H and O–H groups in total. The second kappa shape index (κ2) is 4.97. The molecule has 0 saturated heterocycles. The number of aryl methyl sites for hydroxylation is 2. The Kier molecular flexibility index (Phi) is 3.26. The molecule has 3 rings (SSSR count). The van der Waals surface area contributed by atoms with E-state index in [1.165, 1.54) is 23.3 Å². The van der Waals surface area contributed by atoms with Crippen molar-refractivity contribution >= 4 is 11.0 Å². The molecule has 0 aliphatic carbocycles. The highest BCUT2D eigenvalue weighted by molar-refractivity contribution is 5.79. The molecule has 3 nitrogen and oxygen atoms in total. The molecule has 0 unspecified atom stereocenters. The molecule has 1 atom stereocenters. The topological polar surface area (TPSA) is 43.8 Å². The smallest absolute Gasteiger partial charge is 0.123 e. The number of nitrogens with zero attached hydrogens (tertiary/aromatic N) is 2. The minimum atomic E-state index is -0.275. The Balaban J connectivity index is 2.28. The van der Waals surface area contributed by atoms with Gasteiger partial charge in [-0.15, -0.1) is 0 Å². The van der Waals surface area contributed by atoms with Crippen molar-refractivity contribution in [3.05, 3.63) is 59.2 Å². The number of fused-ring (bicyclic) bond motifs is 1. The van der Waals surface area contributed by atoms with Gasteiger partial charge in [-0.05, 0) is 67.8 Å². The molecule has 4 heteroatoms. The van der Waals surface area contributed by atoms with E-state index in [0.29, 0.717) is 0 Å². The number of imidazole rings is 1. The number of hydrogen-bond acceptors (Lipinski definition) is 2. The van der Waals surface area contributed by atoms with Crippen LogP contribution in [-0.2, 0) is 0 Å². The predicted molar refractivity (Wildman–Crippen MR) is 83.1 cm³/mol. The molecule has 21 heavy (non-hydrogen) atoms. The fraction of sp³-hybridized carbons (Fsp3) is 0.235. The van der Waals surface area contributed by atoms with Crippen molar-refractivity contribution in [1.82, 2.24) is 9.55 Å². The van der Waals surface area contributed by atoms with Crippen molar-refractivity contribution in [3.8, 4) is 5.69 Å². The van der Waals surface area contributed by atoms with Gasteiger partial charge >= 0.3 is 0 Å². The standard InChI is InChI=1S/C17H18FN3/c1-10-6-15-17(7-11(10)2)21(9-20-15)16-5-4-13(18)8-14(16)12(3)19/h4-9,12H,19H2,1-3H3/t12-/m0/s1. The van der Waals surface area contributed by atoms with E-state index >= 15 is 0 Å². The van der Waals surface area contributed by atoms with Crippen LogP contribution in [0.25, 0.3) is 16.7 Å². The average Bonchev–Trinajstić information content (AvgIpc) is 2.82. The van der Waals surface area contributed by atoms with Crippen LogP contribution >= 0.6 is 0 Å². The van der Waals surface area contributed by atoms with E-state index in [2.05, 4.69) is 31.0 Å². The molecule has 0 saturated carbocycles. The minimum Gasteiger partial charge on any atom is -0.324 e. The van der Waals surface area contributed by atoms with Gasteiger partial charge in [-0.1, -0.05) is 0 Å². The zero-order valence-electron chi connectivity index (χ0n) is 12.4. The molecular weight excluding hydrogens is 265 g/mol. The van der Waals surface area contributed by atoms with E-state index in [1.807, 2.05) is 11.5 Å². The predicted octanol–water partition coefficient (Wildman–Crippen LogP) is 3.80. The van der Waals surface area contributed by atoms with Crippen LogP contribution in [0.4, 0.5) is 4.39 Å². The van der Waals surface area contributed by atoms with E-state index in [0.717, 1.165) is 22.3 Å².